The van der Waals surface area contributed by atoms with Crippen molar-refractivity contribution in [3.05, 3.63) is 66.1 Å². The van der Waals surface area contributed by atoms with Crippen molar-refractivity contribution in [1.82, 2.24) is 14.9 Å². The van der Waals surface area contributed by atoms with Crippen LogP contribution in [-0.2, 0) is 11.2 Å². The van der Waals surface area contributed by atoms with E-state index in [0.29, 0.717) is 32.0 Å². The van der Waals surface area contributed by atoms with Crippen molar-refractivity contribution in [3.63, 3.8) is 0 Å². The number of aromatic nitrogens is 2. The van der Waals surface area contributed by atoms with Crippen LogP contribution in [-0.4, -0.2) is 47.1 Å². The molecule has 1 saturated heterocycles. The number of fused-ring (bicyclic) bond motifs is 1. The molecule has 1 aromatic carbocycles. The quantitative estimate of drug-likeness (QED) is 0.801. The molecule has 2 aromatic heterocycles. The van der Waals surface area contributed by atoms with Gasteiger partial charge in [0.25, 0.3) is 5.91 Å². The highest BCUT2D eigenvalue weighted by molar-refractivity contribution is 5.92. The second-order valence-corrected chi connectivity index (χ2v) is 6.51. The lowest BCUT2D eigenvalue weighted by molar-refractivity contribution is 0.0731. The molecule has 1 aliphatic rings. The first kappa shape index (κ1) is 15.8. The van der Waals surface area contributed by atoms with E-state index in [0.717, 1.165) is 11.9 Å². The highest BCUT2D eigenvalue weighted by Crippen LogP contribution is 2.19. The Morgan fingerprint density at radius 1 is 1.28 bits per heavy atom. The Morgan fingerprint density at radius 3 is 3.12 bits per heavy atom. The van der Waals surface area contributed by atoms with Gasteiger partial charge in [-0.2, -0.15) is 0 Å². The lowest BCUT2D eigenvalue weighted by Gasteiger charge is -2.23. The minimum Gasteiger partial charge on any atom is -0.379 e. The smallest absolute Gasteiger partial charge is 0.272 e. The van der Waals surface area contributed by atoms with E-state index in [1.54, 1.807) is 12.3 Å². The molecule has 1 amide bonds. The number of H-pyrrole nitrogens is 1. The van der Waals surface area contributed by atoms with Crippen molar-refractivity contribution in [2.24, 2.45) is 5.92 Å². The number of carbonyl (C=O) groups is 1. The second-order valence-electron chi connectivity index (χ2n) is 6.51. The van der Waals surface area contributed by atoms with E-state index >= 15 is 0 Å². The van der Waals surface area contributed by atoms with Crippen molar-refractivity contribution in [1.29, 1.82) is 0 Å². The predicted molar refractivity (Wildman–Crippen MR) is 96.5 cm³/mol. The van der Waals surface area contributed by atoms with Gasteiger partial charge in [0.15, 0.2) is 0 Å². The maximum atomic E-state index is 12.7. The molecule has 0 unspecified atom stereocenters. The monoisotopic (exact) mass is 335 g/mol. The largest absolute Gasteiger partial charge is 0.379 e. The summed E-state index contributed by atoms with van der Waals surface area (Å²) in [6.45, 7) is 2.56. The molecule has 1 atom stereocenters. The zero-order valence-electron chi connectivity index (χ0n) is 14.0. The summed E-state index contributed by atoms with van der Waals surface area (Å²) in [6.07, 6.45) is 4.51. The minimum atomic E-state index is -0.0165. The molecule has 0 saturated carbocycles. The molecule has 1 fully saturated rings. The number of nitrogens with zero attached hydrogens (tertiary/aromatic N) is 2. The van der Waals surface area contributed by atoms with Crippen molar-refractivity contribution < 1.29 is 9.53 Å². The summed E-state index contributed by atoms with van der Waals surface area (Å²) in [4.78, 5) is 22.0. The van der Waals surface area contributed by atoms with Gasteiger partial charge in [0.2, 0.25) is 0 Å². The van der Waals surface area contributed by atoms with Crippen molar-refractivity contribution in [3.8, 4) is 0 Å². The third-order valence-electron chi connectivity index (χ3n) is 4.65. The van der Waals surface area contributed by atoms with Gasteiger partial charge < -0.3 is 14.6 Å². The van der Waals surface area contributed by atoms with E-state index in [1.165, 1.54) is 10.9 Å². The van der Waals surface area contributed by atoms with Crippen LogP contribution >= 0.6 is 0 Å². The summed E-state index contributed by atoms with van der Waals surface area (Å²) in [5.74, 6) is 0.267. The molecule has 1 aliphatic heterocycles. The van der Waals surface area contributed by atoms with Gasteiger partial charge in [0.1, 0.15) is 5.69 Å². The summed E-state index contributed by atoms with van der Waals surface area (Å²) in [7, 11) is 0. The van der Waals surface area contributed by atoms with Gasteiger partial charge in [-0.3, -0.25) is 9.78 Å². The molecule has 3 heterocycles. The highest BCUT2D eigenvalue weighted by atomic mass is 16.5. The van der Waals surface area contributed by atoms with Crippen LogP contribution in [0.3, 0.4) is 0 Å². The van der Waals surface area contributed by atoms with Crippen molar-refractivity contribution >= 4 is 16.8 Å². The van der Waals surface area contributed by atoms with Crippen LogP contribution in [0.25, 0.3) is 10.9 Å². The van der Waals surface area contributed by atoms with E-state index in [4.69, 9.17) is 4.74 Å². The number of carbonyl (C=O) groups excluding carboxylic acids is 1. The maximum Gasteiger partial charge on any atom is 0.272 e. The van der Waals surface area contributed by atoms with Crippen molar-refractivity contribution in [2.45, 2.75) is 6.42 Å². The topological polar surface area (TPSA) is 58.2 Å². The molecule has 4 rings (SSSR count). The number of nitrogens with one attached hydrogen (secondary N) is 1. The molecule has 0 radical (unpaired) electrons. The van der Waals surface area contributed by atoms with Crippen LogP contribution in [0, 0.1) is 5.92 Å². The summed E-state index contributed by atoms with van der Waals surface area (Å²) in [6, 6.07) is 14.0. The lowest BCUT2D eigenvalue weighted by atomic mass is 9.98. The Labute approximate surface area is 146 Å². The third kappa shape index (κ3) is 3.56. The first-order valence-electron chi connectivity index (χ1n) is 8.64. The molecular formula is C20H21N3O2. The third-order valence-corrected chi connectivity index (χ3v) is 4.65. The standard InChI is InChI=1S/C20H21N3O2/c24-20(19-3-1-2-7-21-19)23-9-10-25-14-16(13-23)11-15-4-5-18-17(12-15)6-8-22-18/h1-8,12,16,22H,9-11,13-14H2/t16-/m1/s1. The van der Waals surface area contributed by atoms with Crippen LogP contribution in [0.2, 0.25) is 0 Å². The zero-order valence-corrected chi connectivity index (χ0v) is 14.0. The van der Waals surface area contributed by atoms with E-state index in [-0.39, 0.29) is 11.8 Å². The van der Waals surface area contributed by atoms with E-state index < -0.39 is 0 Å². The van der Waals surface area contributed by atoms with E-state index in [9.17, 15) is 4.79 Å². The van der Waals surface area contributed by atoms with Crippen LogP contribution in [0.5, 0.6) is 0 Å². The zero-order chi connectivity index (χ0) is 17.1. The number of pyridine rings is 1. The van der Waals surface area contributed by atoms with Gasteiger partial charge in [-0.25, -0.2) is 0 Å². The first-order valence-corrected chi connectivity index (χ1v) is 8.64. The number of amides is 1. The lowest BCUT2D eigenvalue weighted by Crippen LogP contribution is -2.36. The van der Waals surface area contributed by atoms with Gasteiger partial charge in [-0.05, 0) is 47.7 Å². The molecular weight excluding hydrogens is 314 g/mol. The highest BCUT2D eigenvalue weighted by Gasteiger charge is 2.24. The Kier molecular flexibility index (Phi) is 4.48. The van der Waals surface area contributed by atoms with Gasteiger partial charge in [-0.15, -0.1) is 0 Å². The maximum absolute atomic E-state index is 12.7. The Bertz CT molecular complexity index is 860. The molecule has 1 N–H and O–H groups in total. The van der Waals surface area contributed by atoms with Crippen LogP contribution in [0.15, 0.2) is 54.9 Å². The van der Waals surface area contributed by atoms with Crippen LogP contribution in [0.1, 0.15) is 16.1 Å². The van der Waals surface area contributed by atoms with Gasteiger partial charge in [0.05, 0.1) is 13.2 Å². The fourth-order valence-corrected chi connectivity index (χ4v) is 3.40. The summed E-state index contributed by atoms with van der Waals surface area (Å²) in [5, 5.41) is 1.22. The number of aromatic amines is 1. The second kappa shape index (κ2) is 7.07. The average molecular weight is 335 g/mol. The van der Waals surface area contributed by atoms with E-state index in [1.807, 2.05) is 23.2 Å². The number of hydrogen-bond acceptors (Lipinski definition) is 3. The molecule has 128 valence electrons. The van der Waals surface area contributed by atoms with E-state index in [2.05, 4.69) is 34.2 Å². The Morgan fingerprint density at radius 2 is 2.24 bits per heavy atom. The fourth-order valence-electron chi connectivity index (χ4n) is 3.40. The minimum absolute atomic E-state index is 0.0165. The molecule has 0 spiro atoms. The normalized spacial score (nSPS) is 18.2. The number of ether oxygens (including phenoxy) is 1. The molecule has 0 bridgehead atoms. The molecule has 5 nitrogen and oxygen atoms in total. The first-order chi connectivity index (χ1) is 12.3. The summed E-state index contributed by atoms with van der Waals surface area (Å²) in [5.41, 5.74) is 2.91. The Balaban J connectivity index is 1.48. The summed E-state index contributed by atoms with van der Waals surface area (Å²) < 4.78 is 5.75. The van der Waals surface area contributed by atoms with Crippen LogP contribution in [0.4, 0.5) is 0 Å². The summed E-state index contributed by atoms with van der Waals surface area (Å²) >= 11 is 0. The Hall–Kier alpha value is -2.66. The molecule has 0 aliphatic carbocycles. The molecule has 3 aromatic rings. The van der Waals surface area contributed by atoms with Crippen molar-refractivity contribution in [2.75, 3.05) is 26.3 Å². The SMILES string of the molecule is O=C(c1ccccn1)N1CCOC[C@H](Cc2ccc3[nH]ccc3c2)C1. The van der Waals surface area contributed by atoms with Crippen LogP contribution < -0.4 is 0 Å². The molecule has 5 heteroatoms. The van der Waals surface area contributed by atoms with Gasteiger partial charge in [-0.1, -0.05) is 12.1 Å². The number of hydrogen-bond donors (Lipinski definition) is 1. The number of rotatable bonds is 3. The number of benzene rings is 1. The van der Waals surface area contributed by atoms with Gasteiger partial charge in [0, 0.05) is 36.9 Å². The fraction of sp³-hybridized carbons (Fsp3) is 0.300. The van der Waals surface area contributed by atoms with Gasteiger partial charge >= 0.3 is 0 Å². The average Bonchev–Trinajstić information content (AvgIpc) is 2.99. The predicted octanol–water partition coefficient (Wildman–Crippen LogP) is 2.89. The molecule has 25 heavy (non-hydrogen) atoms.